The fraction of sp³-hybridized carbons (Fsp3) is 0.800. The van der Waals surface area contributed by atoms with Gasteiger partial charge in [0.1, 0.15) is 11.6 Å². The lowest BCUT2D eigenvalue weighted by atomic mass is 9.89. The maximum atomic E-state index is 11.3. The standard InChI is InChI=1S/C10H14O2/c1-5(11)8-7(12)4-6-9(8)10(6,2)3/h6,8-9H,4H2,1-3H3/t6-,8-,9-/m1/s1. The molecule has 2 aliphatic rings. The third-order valence-electron chi connectivity index (χ3n) is 3.70. The van der Waals surface area contributed by atoms with Gasteiger partial charge < -0.3 is 0 Å². The molecule has 12 heavy (non-hydrogen) atoms. The normalized spacial score (nSPS) is 42.6. The van der Waals surface area contributed by atoms with Gasteiger partial charge in [0.15, 0.2) is 0 Å². The Kier molecular flexibility index (Phi) is 1.31. The van der Waals surface area contributed by atoms with E-state index in [1.54, 1.807) is 6.92 Å². The maximum absolute atomic E-state index is 11.3. The topological polar surface area (TPSA) is 34.1 Å². The van der Waals surface area contributed by atoms with Gasteiger partial charge in [0.25, 0.3) is 0 Å². The molecule has 2 nitrogen and oxygen atoms in total. The van der Waals surface area contributed by atoms with Crippen LogP contribution in [0.15, 0.2) is 0 Å². The van der Waals surface area contributed by atoms with Crippen LogP contribution in [0.25, 0.3) is 0 Å². The summed E-state index contributed by atoms with van der Waals surface area (Å²) in [6.07, 6.45) is 0.641. The van der Waals surface area contributed by atoms with Crippen molar-refractivity contribution >= 4 is 11.6 Å². The molecule has 66 valence electrons. The van der Waals surface area contributed by atoms with Crippen molar-refractivity contribution in [2.45, 2.75) is 27.2 Å². The fourth-order valence-corrected chi connectivity index (χ4v) is 2.86. The zero-order chi connectivity index (χ0) is 9.09. The molecular formula is C10H14O2. The van der Waals surface area contributed by atoms with E-state index in [0.717, 1.165) is 0 Å². The Morgan fingerprint density at radius 1 is 1.50 bits per heavy atom. The summed E-state index contributed by atoms with van der Waals surface area (Å²) >= 11 is 0. The summed E-state index contributed by atoms with van der Waals surface area (Å²) in [6, 6.07) is 0. The summed E-state index contributed by atoms with van der Waals surface area (Å²) < 4.78 is 0. The summed E-state index contributed by atoms with van der Waals surface area (Å²) in [5.41, 5.74) is 0.254. The Morgan fingerprint density at radius 2 is 2.08 bits per heavy atom. The molecule has 0 aromatic heterocycles. The molecule has 3 atom stereocenters. The molecule has 2 rings (SSSR count). The van der Waals surface area contributed by atoms with Gasteiger partial charge in [-0.2, -0.15) is 0 Å². The molecule has 0 amide bonds. The van der Waals surface area contributed by atoms with Crippen molar-refractivity contribution in [3.05, 3.63) is 0 Å². The van der Waals surface area contributed by atoms with Crippen LogP contribution in [0.1, 0.15) is 27.2 Å². The Morgan fingerprint density at radius 3 is 2.42 bits per heavy atom. The van der Waals surface area contributed by atoms with Crippen LogP contribution in [0.3, 0.4) is 0 Å². The van der Waals surface area contributed by atoms with E-state index in [1.807, 2.05) is 0 Å². The minimum atomic E-state index is -0.259. The van der Waals surface area contributed by atoms with E-state index >= 15 is 0 Å². The lowest BCUT2D eigenvalue weighted by Gasteiger charge is -2.12. The zero-order valence-corrected chi connectivity index (χ0v) is 7.76. The molecule has 0 bridgehead atoms. The highest BCUT2D eigenvalue weighted by Crippen LogP contribution is 2.67. The lowest BCUT2D eigenvalue weighted by molar-refractivity contribution is -0.131. The van der Waals surface area contributed by atoms with E-state index in [0.29, 0.717) is 18.3 Å². The molecule has 0 aromatic rings. The van der Waals surface area contributed by atoms with Crippen molar-refractivity contribution in [2.24, 2.45) is 23.2 Å². The molecule has 0 aliphatic heterocycles. The van der Waals surface area contributed by atoms with Gasteiger partial charge >= 0.3 is 0 Å². The predicted octanol–water partition coefficient (Wildman–Crippen LogP) is 1.44. The second kappa shape index (κ2) is 1.98. The molecule has 0 N–H and O–H groups in total. The van der Waals surface area contributed by atoms with Crippen LogP contribution in [-0.2, 0) is 9.59 Å². The van der Waals surface area contributed by atoms with Crippen LogP contribution >= 0.6 is 0 Å². The van der Waals surface area contributed by atoms with E-state index in [2.05, 4.69) is 13.8 Å². The first-order chi connectivity index (χ1) is 5.46. The summed E-state index contributed by atoms with van der Waals surface area (Å²) in [6.45, 7) is 5.86. The number of carbonyl (C=O) groups is 2. The van der Waals surface area contributed by atoms with Gasteiger partial charge in [-0.1, -0.05) is 13.8 Å². The third kappa shape index (κ3) is 0.755. The first-order valence-corrected chi connectivity index (χ1v) is 4.49. The Balaban J connectivity index is 2.24. The zero-order valence-electron chi connectivity index (χ0n) is 7.76. The largest absolute Gasteiger partial charge is 0.299 e. The number of Topliss-reactive ketones (excluding diaryl/α,β-unsaturated/α-hetero) is 2. The lowest BCUT2D eigenvalue weighted by Crippen LogP contribution is -2.23. The van der Waals surface area contributed by atoms with Crippen LogP contribution in [0, 0.1) is 23.2 Å². The number of carbonyl (C=O) groups excluding carboxylic acids is 2. The summed E-state index contributed by atoms with van der Waals surface area (Å²) in [4.78, 5) is 22.5. The molecule has 0 heterocycles. The van der Waals surface area contributed by atoms with Gasteiger partial charge in [-0.15, -0.1) is 0 Å². The summed E-state index contributed by atoms with van der Waals surface area (Å²) in [5.74, 6) is 0.848. The third-order valence-corrected chi connectivity index (χ3v) is 3.70. The summed E-state index contributed by atoms with van der Waals surface area (Å²) in [7, 11) is 0. The number of hydrogen-bond acceptors (Lipinski definition) is 2. The quantitative estimate of drug-likeness (QED) is 0.552. The first kappa shape index (κ1) is 7.96. The fourth-order valence-electron chi connectivity index (χ4n) is 2.86. The van der Waals surface area contributed by atoms with Crippen LogP contribution < -0.4 is 0 Å². The molecule has 0 spiro atoms. The van der Waals surface area contributed by atoms with Crippen molar-refractivity contribution in [3.63, 3.8) is 0 Å². The van der Waals surface area contributed by atoms with Crippen molar-refractivity contribution in [1.29, 1.82) is 0 Å². The Bertz CT molecular complexity index is 265. The van der Waals surface area contributed by atoms with E-state index < -0.39 is 0 Å². The van der Waals surface area contributed by atoms with Crippen molar-refractivity contribution < 1.29 is 9.59 Å². The van der Waals surface area contributed by atoms with Crippen LogP contribution in [-0.4, -0.2) is 11.6 Å². The average Bonchev–Trinajstić information content (AvgIpc) is 2.40. The number of ketones is 2. The molecule has 2 fully saturated rings. The molecule has 2 saturated carbocycles. The number of hydrogen-bond donors (Lipinski definition) is 0. The predicted molar refractivity (Wildman–Crippen MR) is 44.6 cm³/mol. The second-order valence-electron chi connectivity index (χ2n) is 4.71. The van der Waals surface area contributed by atoms with Crippen LogP contribution in [0.2, 0.25) is 0 Å². The van der Waals surface area contributed by atoms with Crippen LogP contribution in [0.4, 0.5) is 0 Å². The van der Waals surface area contributed by atoms with E-state index in [-0.39, 0.29) is 22.9 Å². The molecule has 2 heteroatoms. The highest BCUT2D eigenvalue weighted by atomic mass is 16.2. The average molecular weight is 166 g/mol. The van der Waals surface area contributed by atoms with Crippen molar-refractivity contribution in [2.75, 3.05) is 0 Å². The van der Waals surface area contributed by atoms with Crippen LogP contribution in [0.5, 0.6) is 0 Å². The van der Waals surface area contributed by atoms with Gasteiger partial charge in [0, 0.05) is 6.42 Å². The molecule has 0 saturated heterocycles. The molecule has 0 unspecified atom stereocenters. The second-order valence-corrected chi connectivity index (χ2v) is 4.71. The monoisotopic (exact) mass is 166 g/mol. The van der Waals surface area contributed by atoms with Gasteiger partial charge in [-0.3, -0.25) is 9.59 Å². The molecule has 0 radical (unpaired) electrons. The maximum Gasteiger partial charge on any atom is 0.143 e. The Hall–Kier alpha value is -0.660. The minimum absolute atomic E-state index is 0.0677. The minimum Gasteiger partial charge on any atom is -0.299 e. The molecule has 2 aliphatic carbocycles. The molecular weight excluding hydrogens is 152 g/mol. The SMILES string of the molecule is CC(=O)[C@@H]1C(=O)C[C@@H]2[C@H]1C2(C)C. The van der Waals surface area contributed by atoms with E-state index in [4.69, 9.17) is 0 Å². The van der Waals surface area contributed by atoms with E-state index in [1.165, 1.54) is 0 Å². The first-order valence-electron chi connectivity index (χ1n) is 4.49. The van der Waals surface area contributed by atoms with Crippen molar-refractivity contribution in [1.82, 2.24) is 0 Å². The van der Waals surface area contributed by atoms with Crippen molar-refractivity contribution in [3.8, 4) is 0 Å². The number of fused-ring (bicyclic) bond motifs is 1. The molecule has 0 aromatic carbocycles. The number of rotatable bonds is 1. The van der Waals surface area contributed by atoms with Gasteiger partial charge in [0.05, 0.1) is 5.92 Å². The van der Waals surface area contributed by atoms with E-state index in [9.17, 15) is 9.59 Å². The van der Waals surface area contributed by atoms with Gasteiger partial charge in [-0.05, 0) is 24.2 Å². The summed E-state index contributed by atoms with van der Waals surface area (Å²) in [5, 5.41) is 0. The highest BCUT2D eigenvalue weighted by molar-refractivity contribution is 6.04. The van der Waals surface area contributed by atoms with Gasteiger partial charge in [0.2, 0.25) is 0 Å². The van der Waals surface area contributed by atoms with Gasteiger partial charge in [-0.25, -0.2) is 0 Å². The smallest absolute Gasteiger partial charge is 0.143 e. The highest BCUT2D eigenvalue weighted by Gasteiger charge is 2.68. The Labute approximate surface area is 72.3 Å².